The number of methoxy groups -OCH3 is 1. The molecule has 1 aromatic carbocycles. The lowest BCUT2D eigenvalue weighted by Gasteiger charge is -2.15. The van der Waals surface area contributed by atoms with Crippen LogP contribution in [0.3, 0.4) is 0 Å². The SMILES string of the molecule is COC(=O)C=Cc1cncn1[C@H](C)c1ccc(F)cc1. The highest BCUT2D eigenvalue weighted by Crippen LogP contribution is 2.20. The first-order valence-electron chi connectivity index (χ1n) is 6.15. The summed E-state index contributed by atoms with van der Waals surface area (Å²) in [6.07, 6.45) is 6.30. The molecule has 0 N–H and O–H groups in total. The lowest BCUT2D eigenvalue weighted by molar-refractivity contribution is -0.134. The van der Waals surface area contributed by atoms with Gasteiger partial charge in [0.25, 0.3) is 0 Å². The fourth-order valence-electron chi connectivity index (χ4n) is 1.89. The molecule has 0 saturated heterocycles. The van der Waals surface area contributed by atoms with Crippen LogP contribution in [0.2, 0.25) is 0 Å². The predicted molar refractivity (Wildman–Crippen MR) is 73.5 cm³/mol. The number of hydrogen-bond acceptors (Lipinski definition) is 3. The molecule has 2 aromatic rings. The number of rotatable bonds is 4. The van der Waals surface area contributed by atoms with Crippen molar-refractivity contribution in [2.75, 3.05) is 7.11 Å². The molecule has 20 heavy (non-hydrogen) atoms. The number of aromatic nitrogens is 2. The second-order valence-electron chi connectivity index (χ2n) is 4.31. The third-order valence-corrected chi connectivity index (χ3v) is 3.06. The van der Waals surface area contributed by atoms with Gasteiger partial charge in [-0.3, -0.25) is 0 Å². The van der Waals surface area contributed by atoms with Gasteiger partial charge in [-0.1, -0.05) is 12.1 Å². The Morgan fingerprint density at radius 2 is 2.10 bits per heavy atom. The van der Waals surface area contributed by atoms with E-state index >= 15 is 0 Å². The summed E-state index contributed by atoms with van der Waals surface area (Å²) in [4.78, 5) is 15.2. The molecular weight excluding hydrogens is 259 g/mol. The van der Waals surface area contributed by atoms with Crippen LogP contribution >= 0.6 is 0 Å². The zero-order valence-electron chi connectivity index (χ0n) is 11.3. The van der Waals surface area contributed by atoms with E-state index in [-0.39, 0.29) is 11.9 Å². The van der Waals surface area contributed by atoms with E-state index in [1.54, 1.807) is 30.7 Å². The molecule has 0 fully saturated rings. The maximum Gasteiger partial charge on any atom is 0.330 e. The minimum absolute atomic E-state index is 0.0182. The number of benzene rings is 1. The van der Waals surface area contributed by atoms with Gasteiger partial charge in [-0.2, -0.15) is 0 Å². The van der Waals surface area contributed by atoms with E-state index in [0.29, 0.717) is 0 Å². The molecule has 0 aliphatic rings. The zero-order chi connectivity index (χ0) is 14.5. The smallest absolute Gasteiger partial charge is 0.330 e. The van der Waals surface area contributed by atoms with Crippen LogP contribution in [-0.2, 0) is 9.53 Å². The quantitative estimate of drug-likeness (QED) is 0.636. The number of ether oxygens (including phenoxy) is 1. The molecule has 0 saturated carbocycles. The maximum absolute atomic E-state index is 12.9. The van der Waals surface area contributed by atoms with Gasteiger partial charge in [-0.05, 0) is 30.7 Å². The average Bonchev–Trinajstić information content (AvgIpc) is 2.93. The van der Waals surface area contributed by atoms with E-state index in [1.807, 2.05) is 11.5 Å². The summed E-state index contributed by atoms with van der Waals surface area (Å²) < 4.78 is 19.4. The summed E-state index contributed by atoms with van der Waals surface area (Å²) in [6, 6.07) is 6.29. The average molecular weight is 274 g/mol. The monoisotopic (exact) mass is 274 g/mol. The first-order valence-corrected chi connectivity index (χ1v) is 6.15. The summed E-state index contributed by atoms with van der Waals surface area (Å²) in [6.45, 7) is 1.98. The highest BCUT2D eigenvalue weighted by atomic mass is 19.1. The van der Waals surface area contributed by atoms with Crippen molar-refractivity contribution in [3.63, 3.8) is 0 Å². The molecular formula is C15H15FN2O2. The second kappa shape index (κ2) is 6.14. The molecule has 1 heterocycles. The standard InChI is InChI=1S/C15H15FN2O2/c1-11(12-3-5-13(16)6-4-12)18-10-17-9-14(18)7-8-15(19)20-2/h3-11H,1-2H3/t11-/m1/s1. The van der Waals surface area contributed by atoms with Crippen molar-refractivity contribution < 1.29 is 13.9 Å². The summed E-state index contributed by atoms with van der Waals surface area (Å²) in [5, 5.41) is 0. The minimum Gasteiger partial charge on any atom is -0.466 e. The third kappa shape index (κ3) is 3.12. The number of halogens is 1. The Kier molecular flexibility index (Phi) is 4.30. The van der Waals surface area contributed by atoms with Gasteiger partial charge in [-0.25, -0.2) is 14.2 Å². The van der Waals surface area contributed by atoms with Crippen LogP contribution in [0.25, 0.3) is 6.08 Å². The Labute approximate surface area is 116 Å². The van der Waals surface area contributed by atoms with Crippen LogP contribution in [0, 0.1) is 5.82 Å². The topological polar surface area (TPSA) is 44.1 Å². The highest BCUT2D eigenvalue weighted by molar-refractivity contribution is 5.86. The number of esters is 1. The van der Waals surface area contributed by atoms with E-state index in [4.69, 9.17) is 0 Å². The highest BCUT2D eigenvalue weighted by Gasteiger charge is 2.10. The van der Waals surface area contributed by atoms with Gasteiger partial charge >= 0.3 is 5.97 Å². The van der Waals surface area contributed by atoms with Crippen molar-refractivity contribution in [2.45, 2.75) is 13.0 Å². The largest absolute Gasteiger partial charge is 0.466 e. The lowest BCUT2D eigenvalue weighted by atomic mass is 10.1. The van der Waals surface area contributed by atoms with Crippen LogP contribution in [0.5, 0.6) is 0 Å². The van der Waals surface area contributed by atoms with Crippen LogP contribution in [0.4, 0.5) is 4.39 Å². The van der Waals surface area contributed by atoms with Crippen molar-refractivity contribution in [1.29, 1.82) is 0 Å². The molecule has 0 spiro atoms. The summed E-state index contributed by atoms with van der Waals surface area (Å²) >= 11 is 0. The maximum atomic E-state index is 12.9. The zero-order valence-corrected chi connectivity index (χ0v) is 11.3. The van der Waals surface area contributed by atoms with Crippen molar-refractivity contribution >= 4 is 12.0 Å². The van der Waals surface area contributed by atoms with E-state index < -0.39 is 5.97 Å². The van der Waals surface area contributed by atoms with Gasteiger partial charge in [0.2, 0.25) is 0 Å². The number of hydrogen-bond donors (Lipinski definition) is 0. The van der Waals surface area contributed by atoms with E-state index in [9.17, 15) is 9.18 Å². The van der Waals surface area contributed by atoms with Gasteiger partial charge in [0, 0.05) is 6.08 Å². The first-order chi connectivity index (χ1) is 9.61. The van der Waals surface area contributed by atoms with Gasteiger partial charge in [0.1, 0.15) is 5.82 Å². The minimum atomic E-state index is -0.424. The summed E-state index contributed by atoms with van der Waals surface area (Å²) in [5.74, 6) is -0.690. The van der Waals surface area contributed by atoms with E-state index in [0.717, 1.165) is 11.3 Å². The fraction of sp³-hybridized carbons (Fsp3) is 0.200. The van der Waals surface area contributed by atoms with E-state index in [1.165, 1.54) is 25.3 Å². The summed E-state index contributed by atoms with van der Waals surface area (Å²) in [5.41, 5.74) is 1.73. The van der Waals surface area contributed by atoms with Gasteiger partial charge in [-0.15, -0.1) is 0 Å². The Bertz CT molecular complexity index is 617. The number of carbonyl (C=O) groups is 1. The summed E-state index contributed by atoms with van der Waals surface area (Å²) in [7, 11) is 1.32. The Hall–Kier alpha value is -2.43. The first kappa shape index (κ1) is 14.0. The van der Waals surface area contributed by atoms with Gasteiger partial charge < -0.3 is 9.30 Å². The molecule has 2 rings (SSSR count). The molecule has 4 nitrogen and oxygen atoms in total. The molecule has 0 aliphatic carbocycles. The van der Waals surface area contributed by atoms with Gasteiger partial charge in [0.05, 0.1) is 31.4 Å². The molecule has 0 bridgehead atoms. The normalized spacial score (nSPS) is 12.6. The fourth-order valence-corrected chi connectivity index (χ4v) is 1.89. The van der Waals surface area contributed by atoms with Crippen LogP contribution < -0.4 is 0 Å². The van der Waals surface area contributed by atoms with Crippen LogP contribution in [0.1, 0.15) is 24.2 Å². The predicted octanol–water partition coefficient (Wildman–Crippen LogP) is 2.82. The van der Waals surface area contributed by atoms with Crippen molar-refractivity contribution in [3.8, 4) is 0 Å². The molecule has 1 aromatic heterocycles. The Morgan fingerprint density at radius 3 is 2.75 bits per heavy atom. The van der Waals surface area contributed by atoms with Crippen molar-refractivity contribution in [3.05, 3.63) is 59.9 Å². The van der Waals surface area contributed by atoms with Crippen molar-refractivity contribution in [1.82, 2.24) is 9.55 Å². The molecule has 0 radical (unpaired) electrons. The van der Waals surface area contributed by atoms with Crippen LogP contribution in [-0.4, -0.2) is 22.6 Å². The molecule has 0 unspecified atom stereocenters. The Balaban J connectivity index is 2.25. The van der Waals surface area contributed by atoms with E-state index in [2.05, 4.69) is 9.72 Å². The van der Waals surface area contributed by atoms with Crippen LogP contribution in [0.15, 0.2) is 42.9 Å². The molecule has 1 atom stereocenters. The number of nitrogens with zero attached hydrogens (tertiary/aromatic N) is 2. The second-order valence-corrected chi connectivity index (χ2v) is 4.31. The molecule has 0 aliphatic heterocycles. The molecule has 104 valence electrons. The molecule has 5 heteroatoms. The number of carbonyl (C=O) groups excluding carboxylic acids is 1. The van der Waals surface area contributed by atoms with Crippen molar-refractivity contribution in [2.24, 2.45) is 0 Å². The van der Waals surface area contributed by atoms with Gasteiger partial charge in [0.15, 0.2) is 0 Å². The molecule has 0 amide bonds. The third-order valence-electron chi connectivity index (χ3n) is 3.06. The lowest BCUT2D eigenvalue weighted by Crippen LogP contribution is -2.07. The Morgan fingerprint density at radius 1 is 1.40 bits per heavy atom. The number of imidazole rings is 1.